The number of piperazine rings is 1. The van der Waals surface area contributed by atoms with E-state index >= 15 is 0 Å². The summed E-state index contributed by atoms with van der Waals surface area (Å²) < 4.78 is 10.5. The van der Waals surface area contributed by atoms with Crippen molar-refractivity contribution in [3.63, 3.8) is 0 Å². The summed E-state index contributed by atoms with van der Waals surface area (Å²) in [7, 11) is 3.10. The van der Waals surface area contributed by atoms with Gasteiger partial charge in [0.15, 0.2) is 11.5 Å². The summed E-state index contributed by atoms with van der Waals surface area (Å²) in [5.41, 5.74) is 0.703. The highest BCUT2D eigenvalue weighted by molar-refractivity contribution is 5.97. The van der Waals surface area contributed by atoms with E-state index in [4.69, 9.17) is 9.47 Å². The third kappa shape index (κ3) is 4.07. The van der Waals surface area contributed by atoms with Crippen molar-refractivity contribution in [2.75, 3.05) is 51.8 Å². The number of urea groups is 1. The van der Waals surface area contributed by atoms with Crippen LogP contribution < -0.4 is 19.7 Å². The molecule has 4 amide bonds. The van der Waals surface area contributed by atoms with E-state index in [0.717, 1.165) is 6.41 Å². The van der Waals surface area contributed by atoms with Crippen molar-refractivity contribution >= 4 is 24.0 Å². The fourth-order valence-corrected chi connectivity index (χ4v) is 3.34. The van der Waals surface area contributed by atoms with Crippen molar-refractivity contribution in [3.8, 4) is 11.5 Å². The van der Waals surface area contributed by atoms with Crippen LogP contribution in [0.1, 0.15) is 6.42 Å². The van der Waals surface area contributed by atoms with Crippen LogP contribution in [0.4, 0.5) is 10.5 Å². The molecule has 0 saturated carbocycles. The van der Waals surface area contributed by atoms with E-state index in [9.17, 15) is 14.4 Å². The maximum atomic E-state index is 12.4. The lowest BCUT2D eigenvalue weighted by Crippen LogP contribution is -2.53. The first kappa shape index (κ1) is 18.8. The summed E-state index contributed by atoms with van der Waals surface area (Å²) in [6, 6.07) is 4.83. The second kappa shape index (κ2) is 8.15. The molecule has 2 heterocycles. The minimum atomic E-state index is -0.262. The van der Waals surface area contributed by atoms with Crippen LogP contribution in [-0.2, 0) is 9.59 Å². The number of rotatable bonds is 5. The summed E-state index contributed by atoms with van der Waals surface area (Å²) in [6.07, 6.45) is 1.04. The van der Waals surface area contributed by atoms with Gasteiger partial charge < -0.3 is 29.5 Å². The van der Waals surface area contributed by atoms with Gasteiger partial charge in [0.2, 0.25) is 12.3 Å². The van der Waals surface area contributed by atoms with Gasteiger partial charge in [0, 0.05) is 50.9 Å². The summed E-state index contributed by atoms with van der Waals surface area (Å²) in [5.74, 6) is 1.08. The van der Waals surface area contributed by atoms with Gasteiger partial charge in [0.1, 0.15) is 0 Å². The van der Waals surface area contributed by atoms with Gasteiger partial charge >= 0.3 is 6.03 Å². The van der Waals surface area contributed by atoms with Crippen molar-refractivity contribution in [1.29, 1.82) is 0 Å². The van der Waals surface area contributed by atoms with Crippen LogP contribution in [0.25, 0.3) is 0 Å². The number of hydrogen-bond acceptors (Lipinski definition) is 5. The van der Waals surface area contributed by atoms with Crippen LogP contribution >= 0.6 is 0 Å². The normalized spacial score (nSPS) is 19.9. The first-order valence-electron chi connectivity index (χ1n) is 8.83. The van der Waals surface area contributed by atoms with Gasteiger partial charge in [-0.1, -0.05) is 0 Å². The lowest BCUT2D eigenvalue weighted by atomic mass is 10.2. The molecule has 0 aliphatic carbocycles. The SMILES string of the molecule is COc1ccc(N2C[C@@H](NC(=O)N3CCN(C=O)CC3)CC2=O)cc1OC. The fraction of sp³-hybridized carbons (Fsp3) is 0.500. The number of carbonyl (C=O) groups is 3. The van der Waals surface area contributed by atoms with Crippen LogP contribution in [0, 0.1) is 0 Å². The van der Waals surface area contributed by atoms with Crippen LogP contribution in [0.15, 0.2) is 18.2 Å². The highest BCUT2D eigenvalue weighted by atomic mass is 16.5. The summed E-state index contributed by atoms with van der Waals surface area (Å²) in [5, 5.41) is 2.92. The highest BCUT2D eigenvalue weighted by Crippen LogP contribution is 2.33. The van der Waals surface area contributed by atoms with Crippen LogP contribution in [-0.4, -0.2) is 81.1 Å². The van der Waals surface area contributed by atoms with Crippen molar-refractivity contribution in [2.24, 2.45) is 0 Å². The largest absolute Gasteiger partial charge is 0.493 e. The maximum absolute atomic E-state index is 12.4. The Morgan fingerprint density at radius 2 is 1.85 bits per heavy atom. The molecular weight excluding hydrogens is 352 g/mol. The van der Waals surface area contributed by atoms with Crippen LogP contribution in [0.3, 0.4) is 0 Å². The molecule has 3 rings (SSSR count). The Kier molecular flexibility index (Phi) is 5.68. The number of nitrogens with one attached hydrogen (secondary N) is 1. The Labute approximate surface area is 157 Å². The predicted molar refractivity (Wildman–Crippen MR) is 98.0 cm³/mol. The molecule has 0 spiro atoms. The van der Waals surface area contributed by atoms with E-state index in [0.29, 0.717) is 49.9 Å². The van der Waals surface area contributed by atoms with E-state index in [1.54, 1.807) is 47.1 Å². The Balaban J connectivity index is 1.60. The number of hydrogen-bond donors (Lipinski definition) is 1. The zero-order valence-electron chi connectivity index (χ0n) is 15.5. The van der Waals surface area contributed by atoms with Crippen molar-refractivity contribution in [1.82, 2.24) is 15.1 Å². The van der Waals surface area contributed by atoms with E-state index in [1.807, 2.05) is 0 Å². The van der Waals surface area contributed by atoms with Crippen LogP contribution in [0.2, 0.25) is 0 Å². The molecular formula is C18H24N4O5. The predicted octanol–water partition coefficient (Wildman–Crippen LogP) is 0.293. The van der Waals surface area contributed by atoms with E-state index < -0.39 is 0 Å². The Hall–Kier alpha value is -2.97. The maximum Gasteiger partial charge on any atom is 0.317 e. The molecule has 9 nitrogen and oxygen atoms in total. The molecule has 9 heteroatoms. The third-order valence-electron chi connectivity index (χ3n) is 4.88. The van der Waals surface area contributed by atoms with Gasteiger partial charge in [0.25, 0.3) is 0 Å². The molecule has 27 heavy (non-hydrogen) atoms. The molecule has 2 fully saturated rings. The molecule has 146 valence electrons. The Morgan fingerprint density at radius 3 is 2.48 bits per heavy atom. The van der Waals surface area contributed by atoms with E-state index in [-0.39, 0.29) is 24.4 Å². The number of carbonyl (C=O) groups excluding carboxylic acids is 3. The van der Waals surface area contributed by atoms with Crippen molar-refractivity contribution < 1.29 is 23.9 Å². The molecule has 1 N–H and O–H groups in total. The van der Waals surface area contributed by atoms with E-state index in [2.05, 4.69) is 5.32 Å². The minimum Gasteiger partial charge on any atom is -0.493 e. The number of nitrogens with zero attached hydrogens (tertiary/aromatic N) is 3. The van der Waals surface area contributed by atoms with Crippen LogP contribution in [0.5, 0.6) is 11.5 Å². The molecule has 0 bridgehead atoms. The average Bonchev–Trinajstić information content (AvgIpc) is 3.07. The van der Waals surface area contributed by atoms with Gasteiger partial charge in [-0.15, -0.1) is 0 Å². The van der Waals surface area contributed by atoms with Gasteiger partial charge in [-0.25, -0.2) is 4.79 Å². The van der Waals surface area contributed by atoms with Gasteiger partial charge in [-0.2, -0.15) is 0 Å². The van der Waals surface area contributed by atoms with Gasteiger partial charge in [-0.3, -0.25) is 9.59 Å². The van der Waals surface area contributed by atoms with E-state index in [1.165, 1.54) is 0 Å². The Bertz CT molecular complexity index is 718. The second-order valence-electron chi connectivity index (χ2n) is 6.52. The first-order chi connectivity index (χ1) is 13.0. The number of ether oxygens (including phenoxy) is 2. The van der Waals surface area contributed by atoms with Crippen molar-refractivity contribution in [2.45, 2.75) is 12.5 Å². The lowest BCUT2D eigenvalue weighted by molar-refractivity contribution is -0.119. The fourth-order valence-electron chi connectivity index (χ4n) is 3.34. The smallest absolute Gasteiger partial charge is 0.317 e. The zero-order valence-corrected chi connectivity index (χ0v) is 15.5. The molecule has 1 atom stereocenters. The molecule has 0 aromatic heterocycles. The summed E-state index contributed by atoms with van der Waals surface area (Å²) in [6.45, 7) is 2.43. The number of anilines is 1. The average molecular weight is 376 g/mol. The third-order valence-corrected chi connectivity index (χ3v) is 4.88. The number of methoxy groups -OCH3 is 2. The molecule has 0 unspecified atom stereocenters. The lowest BCUT2D eigenvalue weighted by Gasteiger charge is -2.33. The Morgan fingerprint density at radius 1 is 1.15 bits per heavy atom. The molecule has 1 aromatic rings. The minimum absolute atomic E-state index is 0.0571. The van der Waals surface area contributed by atoms with Crippen molar-refractivity contribution in [3.05, 3.63) is 18.2 Å². The molecule has 2 aliphatic heterocycles. The number of amides is 4. The first-order valence-corrected chi connectivity index (χ1v) is 8.83. The monoisotopic (exact) mass is 376 g/mol. The van der Waals surface area contributed by atoms with Gasteiger partial charge in [0.05, 0.1) is 20.3 Å². The quantitative estimate of drug-likeness (QED) is 0.746. The number of benzene rings is 1. The molecule has 1 aromatic carbocycles. The standard InChI is InChI=1S/C18H24N4O5/c1-26-15-4-3-14(10-16(15)27-2)22-11-13(9-17(22)24)19-18(25)21-7-5-20(12-23)6-8-21/h3-4,10,12-13H,5-9,11H2,1-2H3,(H,19,25)/t13-/m0/s1. The summed E-state index contributed by atoms with van der Waals surface area (Å²) in [4.78, 5) is 40.5. The zero-order chi connectivity index (χ0) is 19.4. The topological polar surface area (TPSA) is 91.4 Å². The second-order valence-corrected chi connectivity index (χ2v) is 6.52. The molecule has 0 radical (unpaired) electrons. The molecule has 2 aliphatic rings. The highest BCUT2D eigenvalue weighted by Gasteiger charge is 2.33. The van der Waals surface area contributed by atoms with Gasteiger partial charge in [-0.05, 0) is 12.1 Å². The summed E-state index contributed by atoms with van der Waals surface area (Å²) >= 11 is 0. The molecule has 2 saturated heterocycles.